The van der Waals surface area contributed by atoms with Crippen LogP contribution in [0.15, 0.2) is 18.3 Å². The van der Waals surface area contributed by atoms with Gasteiger partial charge in [0.15, 0.2) is 0 Å². The van der Waals surface area contributed by atoms with Crippen molar-refractivity contribution < 1.29 is 19.5 Å². The Labute approximate surface area is 165 Å². The number of carboxylic acid groups (broad SMARTS) is 1. The van der Waals surface area contributed by atoms with Gasteiger partial charge in [0, 0.05) is 19.3 Å². The fraction of sp³-hybridized carbons (Fsp3) is 0.600. The summed E-state index contributed by atoms with van der Waals surface area (Å²) in [7, 11) is 0. The van der Waals surface area contributed by atoms with Crippen molar-refractivity contribution in [3.63, 3.8) is 0 Å². The SMILES string of the molecule is CC(C)C[C@H](NC(=O)CNC(=O)c1ccc(N2CCCCCC2)nc1)C(=O)O. The smallest absolute Gasteiger partial charge is 0.326 e. The van der Waals surface area contributed by atoms with E-state index in [1.54, 1.807) is 6.07 Å². The molecule has 0 spiro atoms. The van der Waals surface area contributed by atoms with Gasteiger partial charge < -0.3 is 20.6 Å². The molecule has 0 bridgehead atoms. The van der Waals surface area contributed by atoms with Crippen LogP contribution in [0.5, 0.6) is 0 Å². The van der Waals surface area contributed by atoms with Crippen LogP contribution >= 0.6 is 0 Å². The topological polar surface area (TPSA) is 112 Å². The lowest BCUT2D eigenvalue weighted by atomic mass is 10.0. The van der Waals surface area contributed by atoms with E-state index in [4.69, 9.17) is 5.11 Å². The van der Waals surface area contributed by atoms with Gasteiger partial charge in [-0.25, -0.2) is 9.78 Å². The number of aromatic nitrogens is 1. The first kappa shape index (κ1) is 21.7. The van der Waals surface area contributed by atoms with Gasteiger partial charge in [0.05, 0.1) is 12.1 Å². The van der Waals surface area contributed by atoms with E-state index in [0.717, 1.165) is 31.7 Å². The van der Waals surface area contributed by atoms with Crippen LogP contribution in [0.2, 0.25) is 0 Å². The summed E-state index contributed by atoms with van der Waals surface area (Å²) < 4.78 is 0. The lowest BCUT2D eigenvalue weighted by Crippen LogP contribution is -2.46. The zero-order valence-electron chi connectivity index (χ0n) is 16.6. The second kappa shape index (κ2) is 10.6. The van der Waals surface area contributed by atoms with Crippen LogP contribution in [0.3, 0.4) is 0 Å². The number of carbonyl (C=O) groups excluding carboxylic acids is 2. The van der Waals surface area contributed by atoms with Crippen molar-refractivity contribution in [2.24, 2.45) is 5.92 Å². The van der Waals surface area contributed by atoms with Crippen LogP contribution in [0.1, 0.15) is 56.3 Å². The number of nitrogens with zero attached hydrogens (tertiary/aromatic N) is 2. The van der Waals surface area contributed by atoms with E-state index in [9.17, 15) is 14.4 Å². The number of aliphatic carboxylic acids is 1. The van der Waals surface area contributed by atoms with Crippen LogP contribution < -0.4 is 15.5 Å². The molecular weight excluding hydrogens is 360 g/mol. The Morgan fingerprint density at radius 1 is 1.14 bits per heavy atom. The molecule has 1 atom stereocenters. The Morgan fingerprint density at radius 3 is 2.36 bits per heavy atom. The van der Waals surface area contributed by atoms with E-state index in [1.807, 2.05) is 19.9 Å². The van der Waals surface area contributed by atoms with Gasteiger partial charge in [-0.1, -0.05) is 26.7 Å². The van der Waals surface area contributed by atoms with Gasteiger partial charge in [0.25, 0.3) is 5.91 Å². The Kier molecular flexibility index (Phi) is 8.22. The number of nitrogens with one attached hydrogen (secondary N) is 2. The van der Waals surface area contributed by atoms with Crippen LogP contribution in [-0.4, -0.2) is 53.6 Å². The Bertz CT molecular complexity index is 667. The number of pyridine rings is 1. The van der Waals surface area contributed by atoms with Crippen LogP contribution in [0, 0.1) is 5.92 Å². The van der Waals surface area contributed by atoms with Crippen LogP contribution in [0.4, 0.5) is 5.82 Å². The minimum atomic E-state index is -1.08. The third-order valence-electron chi connectivity index (χ3n) is 4.69. The second-order valence-corrected chi connectivity index (χ2v) is 7.58. The number of carboxylic acids is 1. The number of anilines is 1. The Hall–Kier alpha value is -2.64. The van der Waals surface area contributed by atoms with Crippen molar-refractivity contribution in [3.8, 4) is 0 Å². The summed E-state index contributed by atoms with van der Waals surface area (Å²) in [4.78, 5) is 42.0. The third kappa shape index (κ3) is 6.83. The summed E-state index contributed by atoms with van der Waals surface area (Å²) in [6, 6.07) is 2.56. The number of hydrogen-bond donors (Lipinski definition) is 3. The maximum atomic E-state index is 12.2. The molecule has 28 heavy (non-hydrogen) atoms. The highest BCUT2D eigenvalue weighted by atomic mass is 16.4. The van der Waals surface area contributed by atoms with Gasteiger partial charge in [0.2, 0.25) is 5.91 Å². The van der Waals surface area contributed by atoms with Gasteiger partial charge in [-0.3, -0.25) is 9.59 Å². The van der Waals surface area contributed by atoms with Crippen LogP contribution in [-0.2, 0) is 9.59 Å². The summed E-state index contributed by atoms with van der Waals surface area (Å²) >= 11 is 0. The van der Waals surface area contributed by atoms with Crippen molar-refractivity contribution in [2.75, 3.05) is 24.5 Å². The maximum absolute atomic E-state index is 12.2. The average Bonchev–Trinajstić information content (AvgIpc) is 2.95. The predicted molar refractivity (Wildman–Crippen MR) is 106 cm³/mol. The molecule has 2 amide bonds. The van der Waals surface area contributed by atoms with E-state index >= 15 is 0 Å². The molecular formula is C20H30N4O4. The molecule has 2 rings (SSSR count). The first-order chi connectivity index (χ1) is 13.4. The average molecular weight is 390 g/mol. The first-order valence-electron chi connectivity index (χ1n) is 9.88. The number of rotatable bonds is 8. The van der Waals surface area contributed by atoms with E-state index in [2.05, 4.69) is 20.5 Å². The summed E-state index contributed by atoms with van der Waals surface area (Å²) in [6.07, 6.45) is 6.60. The fourth-order valence-corrected chi connectivity index (χ4v) is 3.21. The molecule has 0 radical (unpaired) electrons. The highest BCUT2D eigenvalue weighted by Gasteiger charge is 2.21. The fourth-order valence-electron chi connectivity index (χ4n) is 3.21. The van der Waals surface area contributed by atoms with Gasteiger partial charge in [0.1, 0.15) is 11.9 Å². The zero-order valence-corrected chi connectivity index (χ0v) is 16.6. The lowest BCUT2D eigenvalue weighted by molar-refractivity contribution is -0.142. The molecule has 1 aliphatic rings. The normalized spacial score (nSPS) is 15.6. The number of carbonyl (C=O) groups is 3. The van der Waals surface area contributed by atoms with Crippen molar-refractivity contribution in [2.45, 2.75) is 52.0 Å². The summed E-state index contributed by atoms with van der Waals surface area (Å²) in [5, 5.41) is 14.1. The predicted octanol–water partition coefficient (Wildman–Crippen LogP) is 1.81. The zero-order chi connectivity index (χ0) is 20.5. The first-order valence-corrected chi connectivity index (χ1v) is 9.88. The summed E-state index contributed by atoms with van der Waals surface area (Å²) in [5.41, 5.74) is 0.364. The van der Waals surface area contributed by atoms with Crippen molar-refractivity contribution in [1.82, 2.24) is 15.6 Å². The summed E-state index contributed by atoms with van der Waals surface area (Å²) in [5.74, 6) is -1.04. The molecule has 3 N–H and O–H groups in total. The molecule has 154 valence electrons. The minimum Gasteiger partial charge on any atom is -0.480 e. The van der Waals surface area contributed by atoms with Crippen LogP contribution in [0.25, 0.3) is 0 Å². The Balaban J connectivity index is 1.85. The molecule has 1 aromatic heterocycles. The molecule has 1 aromatic rings. The second-order valence-electron chi connectivity index (χ2n) is 7.58. The maximum Gasteiger partial charge on any atom is 0.326 e. The molecule has 0 saturated carbocycles. The largest absolute Gasteiger partial charge is 0.480 e. The van der Waals surface area contributed by atoms with E-state index in [-0.39, 0.29) is 12.5 Å². The monoisotopic (exact) mass is 390 g/mol. The quantitative estimate of drug-likeness (QED) is 0.624. The molecule has 8 heteroatoms. The molecule has 1 fully saturated rings. The molecule has 0 aliphatic carbocycles. The van der Waals surface area contributed by atoms with Gasteiger partial charge >= 0.3 is 5.97 Å². The van der Waals surface area contributed by atoms with E-state index in [1.165, 1.54) is 19.0 Å². The Morgan fingerprint density at radius 2 is 1.82 bits per heavy atom. The number of hydrogen-bond acceptors (Lipinski definition) is 5. The third-order valence-corrected chi connectivity index (χ3v) is 4.69. The minimum absolute atomic E-state index is 0.129. The standard InChI is InChI=1S/C20H30N4O4/c1-14(2)11-16(20(27)28)23-18(25)13-22-19(26)15-7-8-17(21-12-15)24-9-5-3-4-6-10-24/h7-8,12,14,16H,3-6,9-11,13H2,1-2H3,(H,22,26)(H,23,25)(H,27,28)/t16-/m0/s1. The number of amides is 2. The van der Waals surface area contributed by atoms with Gasteiger partial charge in [-0.15, -0.1) is 0 Å². The lowest BCUT2D eigenvalue weighted by Gasteiger charge is -2.21. The molecule has 1 aliphatic heterocycles. The summed E-state index contributed by atoms with van der Waals surface area (Å²) in [6.45, 7) is 5.42. The highest BCUT2D eigenvalue weighted by molar-refractivity contribution is 5.96. The van der Waals surface area contributed by atoms with Crippen molar-refractivity contribution >= 4 is 23.6 Å². The van der Waals surface area contributed by atoms with Crippen molar-refractivity contribution in [3.05, 3.63) is 23.9 Å². The van der Waals surface area contributed by atoms with E-state index < -0.39 is 23.8 Å². The van der Waals surface area contributed by atoms with Gasteiger partial charge in [-0.05, 0) is 37.3 Å². The molecule has 1 saturated heterocycles. The molecule has 0 aromatic carbocycles. The van der Waals surface area contributed by atoms with E-state index in [0.29, 0.717) is 12.0 Å². The highest BCUT2D eigenvalue weighted by Crippen LogP contribution is 2.17. The molecule has 2 heterocycles. The van der Waals surface area contributed by atoms with Crippen molar-refractivity contribution in [1.29, 1.82) is 0 Å². The molecule has 0 unspecified atom stereocenters. The molecule has 8 nitrogen and oxygen atoms in total. The van der Waals surface area contributed by atoms with Gasteiger partial charge in [-0.2, -0.15) is 0 Å².